The largest absolute Gasteiger partial charge is 0.466 e. The van der Waals surface area contributed by atoms with Gasteiger partial charge in [-0.15, -0.1) is 0 Å². The lowest BCUT2D eigenvalue weighted by atomic mass is 9.99. The number of esters is 1. The third-order valence-electron chi connectivity index (χ3n) is 18.9. The number of unbranched alkanes of at least 4 members (excludes halogenated alkanes) is 56. The molecule has 0 bridgehead atoms. The van der Waals surface area contributed by atoms with Crippen LogP contribution in [0.15, 0.2) is 12.2 Å². The van der Waals surface area contributed by atoms with Crippen LogP contribution < -0.4 is 5.32 Å². The third-order valence-corrected chi connectivity index (χ3v) is 18.9. The molecule has 11 heteroatoms. The molecule has 0 aliphatic carbocycles. The summed E-state index contributed by atoms with van der Waals surface area (Å²) in [6, 6.07) is -0.803. The van der Waals surface area contributed by atoms with Crippen LogP contribution in [0.1, 0.15) is 406 Å². The molecule has 6 N–H and O–H groups in total. The Morgan fingerprint density at radius 1 is 0.409 bits per heavy atom. The SMILES string of the molecule is CCCCCCCCC/C=C/C(O)C(COC1OC(CO)C(O)C(O)C1O)NC(=O)CCCCCCCCCCCCCCCCCCCCCCCCCCCCCCCCCCCCCCCCCOC(=O)CCCCCCCCCCCCCC. The van der Waals surface area contributed by atoms with Gasteiger partial charge >= 0.3 is 5.97 Å². The van der Waals surface area contributed by atoms with Crippen molar-refractivity contribution in [3.05, 3.63) is 12.2 Å². The molecule has 0 aromatic carbocycles. The number of ether oxygens (including phenoxy) is 3. The zero-order valence-electron chi connectivity index (χ0n) is 58.2. The van der Waals surface area contributed by atoms with Gasteiger partial charge in [-0.2, -0.15) is 0 Å². The molecule has 1 aliphatic heterocycles. The van der Waals surface area contributed by atoms with Gasteiger partial charge in [0, 0.05) is 12.8 Å². The number of hydrogen-bond acceptors (Lipinski definition) is 10. The van der Waals surface area contributed by atoms with Crippen molar-refractivity contribution in [3.8, 4) is 0 Å². The number of aliphatic hydroxyl groups is 5. The molecule has 0 aromatic heterocycles. The van der Waals surface area contributed by atoms with Gasteiger partial charge in [0.25, 0.3) is 0 Å². The van der Waals surface area contributed by atoms with Crippen LogP contribution in [0.2, 0.25) is 0 Å². The summed E-state index contributed by atoms with van der Waals surface area (Å²) in [6.45, 7) is 4.37. The average Bonchev–Trinajstić information content (AvgIpc) is 2.69. The molecule has 7 unspecified atom stereocenters. The van der Waals surface area contributed by atoms with Crippen LogP contribution in [0.3, 0.4) is 0 Å². The van der Waals surface area contributed by atoms with Gasteiger partial charge in [-0.1, -0.05) is 373 Å². The van der Waals surface area contributed by atoms with Gasteiger partial charge < -0.3 is 45.1 Å². The summed E-state index contributed by atoms with van der Waals surface area (Å²) in [5.41, 5.74) is 0. The van der Waals surface area contributed by atoms with Gasteiger partial charge in [-0.05, 0) is 32.1 Å². The molecular formula is C77H149NO10. The zero-order chi connectivity index (χ0) is 63.7. The molecular weight excluding hydrogens is 1100 g/mol. The second-order valence-electron chi connectivity index (χ2n) is 27.4. The van der Waals surface area contributed by atoms with E-state index in [1.54, 1.807) is 6.08 Å². The van der Waals surface area contributed by atoms with Crippen molar-refractivity contribution in [3.63, 3.8) is 0 Å². The van der Waals surface area contributed by atoms with Crippen LogP contribution in [-0.2, 0) is 23.8 Å². The Kier molecular flexibility index (Phi) is 64.1. The third kappa shape index (κ3) is 54.9. The molecule has 0 aromatic rings. The van der Waals surface area contributed by atoms with E-state index in [4.69, 9.17) is 14.2 Å². The summed E-state index contributed by atoms with van der Waals surface area (Å²) in [4.78, 5) is 25.1. The van der Waals surface area contributed by atoms with Crippen molar-refractivity contribution in [2.24, 2.45) is 0 Å². The Morgan fingerprint density at radius 3 is 1.06 bits per heavy atom. The van der Waals surface area contributed by atoms with Gasteiger partial charge in [0.2, 0.25) is 5.91 Å². The summed E-state index contributed by atoms with van der Waals surface area (Å²) in [5.74, 6) is -0.155. The van der Waals surface area contributed by atoms with Gasteiger partial charge in [0.1, 0.15) is 24.4 Å². The summed E-state index contributed by atoms with van der Waals surface area (Å²) < 4.78 is 16.7. The first-order valence-corrected chi connectivity index (χ1v) is 39.0. The molecule has 522 valence electrons. The quantitative estimate of drug-likeness (QED) is 0.0195. The van der Waals surface area contributed by atoms with E-state index in [2.05, 4.69) is 19.2 Å². The highest BCUT2D eigenvalue weighted by atomic mass is 16.7. The highest BCUT2D eigenvalue weighted by Gasteiger charge is 2.44. The fraction of sp³-hybridized carbons (Fsp3) is 0.948. The Balaban J connectivity index is 1.84. The smallest absolute Gasteiger partial charge is 0.305 e. The van der Waals surface area contributed by atoms with Crippen LogP contribution in [0.25, 0.3) is 0 Å². The molecule has 0 spiro atoms. The molecule has 88 heavy (non-hydrogen) atoms. The maximum Gasteiger partial charge on any atom is 0.305 e. The van der Waals surface area contributed by atoms with Crippen molar-refractivity contribution in [2.75, 3.05) is 19.8 Å². The number of aliphatic hydroxyl groups excluding tert-OH is 5. The number of rotatable bonds is 70. The van der Waals surface area contributed by atoms with Crippen molar-refractivity contribution in [1.29, 1.82) is 0 Å². The lowest BCUT2D eigenvalue weighted by Gasteiger charge is -2.40. The number of amides is 1. The van der Waals surface area contributed by atoms with Crippen LogP contribution >= 0.6 is 0 Å². The van der Waals surface area contributed by atoms with Crippen molar-refractivity contribution < 1.29 is 49.3 Å². The topological polar surface area (TPSA) is 175 Å². The molecule has 1 amide bonds. The Hall–Kier alpha value is -1.60. The van der Waals surface area contributed by atoms with E-state index in [0.717, 1.165) is 51.4 Å². The minimum atomic E-state index is -1.57. The fourth-order valence-corrected chi connectivity index (χ4v) is 12.8. The second-order valence-corrected chi connectivity index (χ2v) is 27.4. The van der Waals surface area contributed by atoms with E-state index in [1.165, 1.54) is 327 Å². The van der Waals surface area contributed by atoms with Crippen molar-refractivity contribution in [2.45, 2.75) is 448 Å². The molecule has 1 saturated heterocycles. The van der Waals surface area contributed by atoms with E-state index in [-0.39, 0.29) is 18.5 Å². The number of allylic oxidation sites excluding steroid dienone is 1. The molecule has 0 radical (unpaired) electrons. The molecule has 7 atom stereocenters. The maximum atomic E-state index is 13.0. The monoisotopic (exact) mass is 1250 g/mol. The minimum absolute atomic E-state index is 0.0199. The van der Waals surface area contributed by atoms with E-state index >= 15 is 0 Å². The predicted molar refractivity (Wildman–Crippen MR) is 371 cm³/mol. The molecule has 1 rings (SSSR count). The Morgan fingerprint density at radius 2 is 0.716 bits per heavy atom. The van der Waals surface area contributed by atoms with Crippen molar-refractivity contribution >= 4 is 11.9 Å². The Labute approximate surface area is 544 Å². The Bertz CT molecular complexity index is 1460. The zero-order valence-corrected chi connectivity index (χ0v) is 58.2. The van der Waals surface area contributed by atoms with Gasteiger partial charge in [-0.25, -0.2) is 0 Å². The van der Waals surface area contributed by atoms with E-state index in [0.29, 0.717) is 19.4 Å². The van der Waals surface area contributed by atoms with E-state index < -0.39 is 49.5 Å². The highest BCUT2D eigenvalue weighted by Crippen LogP contribution is 2.24. The minimum Gasteiger partial charge on any atom is -0.466 e. The lowest BCUT2D eigenvalue weighted by Crippen LogP contribution is -2.60. The van der Waals surface area contributed by atoms with Gasteiger partial charge in [0.05, 0.1) is 32.0 Å². The summed E-state index contributed by atoms with van der Waals surface area (Å²) in [5, 5.41) is 54.3. The molecule has 1 fully saturated rings. The van der Waals surface area contributed by atoms with Crippen LogP contribution in [-0.4, -0.2) is 100 Å². The van der Waals surface area contributed by atoms with Crippen LogP contribution in [0.5, 0.6) is 0 Å². The van der Waals surface area contributed by atoms with Gasteiger partial charge in [0.15, 0.2) is 6.29 Å². The number of carbonyl (C=O) groups excluding carboxylic acids is 2. The van der Waals surface area contributed by atoms with E-state index in [1.807, 2.05) is 6.08 Å². The fourth-order valence-electron chi connectivity index (χ4n) is 12.8. The molecule has 1 heterocycles. The van der Waals surface area contributed by atoms with E-state index in [9.17, 15) is 35.1 Å². The number of carbonyl (C=O) groups is 2. The predicted octanol–water partition coefficient (Wildman–Crippen LogP) is 20.6. The first kappa shape index (κ1) is 84.4. The molecule has 1 aliphatic rings. The summed E-state index contributed by atoms with van der Waals surface area (Å²) >= 11 is 0. The van der Waals surface area contributed by atoms with Crippen molar-refractivity contribution in [1.82, 2.24) is 5.32 Å². The summed E-state index contributed by atoms with van der Waals surface area (Å²) in [7, 11) is 0. The first-order valence-electron chi connectivity index (χ1n) is 39.0. The van der Waals surface area contributed by atoms with Gasteiger partial charge in [-0.3, -0.25) is 9.59 Å². The highest BCUT2D eigenvalue weighted by molar-refractivity contribution is 5.76. The average molecular weight is 1250 g/mol. The standard InChI is InChI=1S/C77H149NO10/c1-3-5-7-9-11-13-14-45-49-53-57-61-65-73(82)86-66-62-58-54-50-46-43-41-39-37-35-33-31-29-27-25-23-21-19-17-15-16-18-20-22-24-26-28-30-32-34-36-38-40-42-44-48-52-56-60-64-72(81)78-69(70(80)63-59-55-51-47-12-10-8-6-4-2)68-87-77-76(85)75(84)74(83)71(67-79)88-77/h59,63,69-71,74-77,79-80,83-85H,3-58,60-62,64-68H2,1-2H3,(H,78,81)/b63-59+. The number of nitrogens with one attached hydrogen (secondary N) is 1. The summed E-state index contributed by atoms with van der Waals surface area (Å²) in [6.07, 6.45) is 74.1. The van der Waals surface area contributed by atoms with Crippen LogP contribution in [0.4, 0.5) is 0 Å². The van der Waals surface area contributed by atoms with Crippen LogP contribution in [0, 0.1) is 0 Å². The first-order chi connectivity index (χ1) is 43.2. The normalized spacial score (nSPS) is 17.7. The molecule has 11 nitrogen and oxygen atoms in total. The maximum absolute atomic E-state index is 13.0. The second kappa shape index (κ2) is 66.8. The number of hydrogen-bond donors (Lipinski definition) is 6. The lowest BCUT2D eigenvalue weighted by molar-refractivity contribution is -0.302. The molecule has 0 saturated carbocycles.